The van der Waals surface area contributed by atoms with E-state index in [0.29, 0.717) is 29.4 Å². The van der Waals surface area contributed by atoms with Crippen molar-refractivity contribution in [3.63, 3.8) is 0 Å². The lowest BCUT2D eigenvalue weighted by atomic mass is 10.1. The van der Waals surface area contributed by atoms with Crippen molar-refractivity contribution in [3.8, 4) is 11.3 Å². The van der Waals surface area contributed by atoms with Crippen LogP contribution in [0.4, 0.5) is 10.2 Å². The summed E-state index contributed by atoms with van der Waals surface area (Å²) in [5.74, 6) is -0.0195. The van der Waals surface area contributed by atoms with Crippen LogP contribution in [-0.4, -0.2) is 35.0 Å². The molecule has 164 valence electrons. The standard InChI is InChI=1S/C24H20FN7O/c1-15-12-16(2)32-24(27-15)28-21(30-32)23(33)29-22-20(18-8-10-19(25)11-9-18)26-14-31(22)13-17-6-4-3-5-7-17/h3-12,14H,13H2,1-2H3,(H,29,33). The zero-order chi connectivity index (χ0) is 22.9. The number of anilines is 1. The Morgan fingerprint density at radius 2 is 1.79 bits per heavy atom. The van der Waals surface area contributed by atoms with Crippen molar-refractivity contribution in [1.29, 1.82) is 0 Å². The Balaban J connectivity index is 1.53. The summed E-state index contributed by atoms with van der Waals surface area (Å²) >= 11 is 0. The Labute approximate surface area is 188 Å². The first-order chi connectivity index (χ1) is 16.0. The highest BCUT2D eigenvalue weighted by Gasteiger charge is 2.20. The van der Waals surface area contributed by atoms with Crippen LogP contribution >= 0.6 is 0 Å². The number of carbonyl (C=O) groups is 1. The first-order valence-corrected chi connectivity index (χ1v) is 10.4. The molecule has 0 saturated carbocycles. The molecule has 0 aliphatic heterocycles. The number of carbonyl (C=O) groups excluding carboxylic acids is 1. The predicted octanol–water partition coefficient (Wildman–Crippen LogP) is 4.04. The van der Waals surface area contributed by atoms with Crippen LogP contribution in [0, 0.1) is 19.7 Å². The number of aryl methyl sites for hydroxylation is 2. The van der Waals surface area contributed by atoms with E-state index in [1.165, 1.54) is 16.6 Å². The van der Waals surface area contributed by atoms with Gasteiger partial charge in [-0.2, -0.15) is 4.98 Å². The van der Waals surface area contributed by atoms with Crippen LogP contribution in [0.5, 0.6) is 0 Å². The molecule has 0 spiro atoms. The van der Waals surface area contributed by atoms with Gasteiger partial charge in [0.2, 0.25) is 5.82 Å². The molecule has 0 bridgehead atoms. The van der Waals surface area contributed by atoms with Crippen LogP contribution in [0.2, 0.25) is 0 Å². The minimum atomic E-state index is -0.490. The highest BCUT2D eigenvalue weighted by Crippen LogP contribution is 2.28. The molecule has 0 aliphatic rings. The van der Waals surface area contributed by atoms with Gasteiger partial charge in [0.15, 0.2) is 0 Å². The van der Waals surface area contributed by atoms with Crippen LogP contribution < -0.4 is 5.32 Å². The molecule has 3 aromatic heterocycles. The molecule has 0 saturated heterocycles. The number of rotatable bonds is 5. The molecule has 33 heavy (non-hydrogen) atoms. The molecule has 1 N–H and O–H groups in total. The molecular formula is C24H20FN7O. The number of hydrogen-bond donors (Lipinski definition) is 1. The van der Waals surface area contributed by atoms with Crippen LogP contribution in [0.15, 0.2) is 67.0 Å². The van der Waals surface area contributed by atoms with Gasteiger partial charge in [-0.1, -0.05) is 30.3 Å². The van der Waals surface area contributed by atoms with E-state index in [1.807, 2.05) is 54.8 Å². The summed E-state index contributed by atoms with van der Waals surface area (Å²) in [5, 5.41) is 7.22. The third-order valence-corrected chi connectivity index (χ3v) is 5.20. The van der Waals surface area contributed by atoms with Crippen molar-refractivity contribution in [2.75, 3.05) is 5.32 Å². The number of aromatic nitrogens is 6. The molecule has 1 amide bonds. The topological polar surface area (TPSA) is 90.0 Å². The number of nitrogens with zero attached hydrogens (tertiary/aromatic N) is 6. The van der Waals surface area contributed by atoms with Gasteiger partial charge in [0.05, 0.1) is 12.9 Å². The van der Waals surface area contributed by atoms with Gasteiger partial charge in [-0.25, -0.2) is 18.9 Å². The van der Waals surface area contributed by atoms with E-state index in [9.17, 15) is 9.18 Å². The maximum atomic E-state index is 13.5. The molecule has 8 nitrogen and oxygen atoms in total. The lowest BCUT2D eigenvalue weighted by Crippen LogP contribution is -2.17. The summed E-state index contributed by atoms with van der Waals surface area (Å²) in [6, 6.07) is 17.6. The number of fused-ring (bicyclic) bond motifs is 1. The van der Waals surface area contributed by atoms with Gasteiger partial charge in [-0.3, -0.25) is 4.79 Å². The molecule has 5 rings (SSSR count). The van der Waals surface area contributed by atoms with Crippen molar-refractivity contribution >= 4 is 17.5 Å². The van der Waals surface area contributed by atoms with E-state index < -0.39 is 5.91 Å². The highest BCUT2D eigenvalue weighted by atomic mass is 19.1. The molecule has 0 atom stereocenters. The monoisotopic (exact) mass is 441 g/mol. The Morgan fingerprint density at radius 3 is 2.55 bits per heavy atom. The van der Waals surface area contributed by atoms with E-state index in [4.69, 9.17) is 0 Å². The molecule has 0 radical (unpaired) electrons. The fourth-order valence-corrected chi connectivity index (χ4v) is 3.66. The lowest BCUT2D eigenvalue weighted by Gasteiger charge is -2.11. The van der Waals surface area contributed by atoms with Gasteiger partial charge in [-0.05, 0) is 49.7 Å². The summed E-state index contributed by atoms with van der Waals surface area (Å²) in [7, 11) is 0. The molecule has 9 heteroatoms. The van der Waals surface area contributed by atoms with Crippen molar-refractivity contribution in [3.05, 3.63) is 95.6 Å². The van der Waals surface area contributed by atoms with Crippen LogP contribution in [0.3, 0.4) is 0 Å². The molecule has 3 heterocycles. The lowest BCUT2D eigenvalue weighted by molar-refractivity contribution is 0.101. The quantitative estimate of drug-likeness (QED) is 0.445. The summed E-state index contributed by atoms with van der Waals surface area (Å²) in [5.41, 5.74) is 3.85. The molecule has 2 aromatic carbocycles. The SMILES string of the molecule is Cc1cc(C)n2nc(C(=O)Nc3c(-c4ccc(F)cc4)ncn3Cc3ccccc3)nc2n1. The van der Waals surface area contributed by atoms with Crippen LogP contribution in [0.25, 0.3) is 17.0 Å². The average molecular weight is 441 g/mol. The number of amides is 1. The third-order valence-electron chi connectivity index (χ3n) is 5.20. The number of benzene rings is 2. The van der Waals surface area contributed by atoms with E-state index in [2.05, 4.69) is 25.4 Å². The van der Waals surface area contributed by atoms with Gasteiger partial charge >= 0.3 is 0 Å². The zero-order valence-corrected chi connectivity index (χ0v) is 18.0. The van der Waals surface area contributed by atoms with Crippen LogP contribution in [-0.2, 0) is 6.54 Å². The minimum Gasteiger partial charge on any atom is -0.312 e. The zero-order valence-electron chi connectivity index (χ0n) is 18.0. The normalized spacial score (nSPS) is 11.1. The van der Waals surface area contributed by atoms with E-state index >= 15 is 0 Å². The summed E-state index contributed by atoms with van der Waals surface area (Å²) < 4.78 is 16.8. The Morgan fingerprint density at radius 1 is 1.03 bits per heavy atom. The van der Waals surface area contributed by atoms with Crippen molar-refractivity contribution in [2.45, 2.75) is 20.4 Å². The number of imidazole rings is 1. The van der Waals surface area contributed by atoms with Gasteiger partial charge < -0.3 is 9.88 Å². The summed E-state index contributed by atoms with van der Waals surface area (Å²) in [4.78, 5) is 26.3. The summed E-state index contributed by atoms with van der Waals surface area (Å²) in [6.07, 6.45) is 1.65. The fraction of sp³-hybridized carbons (Fsp3) is 0.125. The van der Waals surface area contributed by atoms with E-state index in [-0.39, 0.29) is 11.6 Å². The number of nitrogens with one attached hydrogen (secondary N) is 1. The first-order valence-electron chi connectivity index (χ1n) is 10.4. The third kappa shape index (κ3) is 4.08. The van der Waals surface area contributed by atoms with Crippen molar-refractivity contribution in [2.24, 2.45) is 0 Å². The second-order valence-electron chi connectivity index (χ2n) is 7.70. The van der Waals surface area contributed by atoms with E-state index in [1.54, 1.807) is 18.5 Å². The van der Waals surface area contributed by atoms with Gasteiger partial charge in [0.1, 0.15) is 17.3 Å². The number of hydrogen-bond acceptors (Lipinski definition) is 5. The van der Waals surface area contributed by atoms with Crippen molar-refractivity contribution < 1.29 is 9.18 Å². The van der Waals surface area contributed by atoms with Gasteiger partial charge in [0.25, 0.3) is 11.7 Å². The smallest absolute Gasteiger partial charge is 0.296 e. The second-order valence-corrected chi connectivity index (χ2v) is 7.70. The van der Waals surface area contributed by atoms with Gasteiger partial charge in [-0.15, -0.1) is 5.10 Å². The van der Waals surface area contributed by atoms with E-state index in [0.717, 1.165) is 17.0 Å². The predicted molar refractivity (Wildman–Crippen MR) is 121 cm³/mol. The second kappa shape index (κ2) is 8.27. The largest absolute Gasteiger partial charge is 0.312 e. The molecule has 0 aliphatic carbocycles. The minimum absolute atomic E-state index is 0.00582. The maximum absolute atomic E-state index is 13.5. The average Bonchev–Trinajstić information content (AvgIpc) is 3.40. The van der Waals surface area contributed by atoms with Gasteiger partial charge in [0, 0.05) is 17.0 Å². The Kier molecular flexibility index (Phi) is 5.14. The molecular weight excluding hydrogens is 421 g/mol. The number of halogens is 1. The summed E-state index contributed by atoms with van der Waals surface area (Å²) in [6.45, 7) is 4.22. The highest BCUT2D eigenvalue weighted by molar-refractivity contribution is 6.03. The van der Waals surface area contributed by atoms with Crippen molar-refractivity contribution in [1.82, 2.24) is 29.1 Å². The maximum Gasteiger partial charge on any atom is 0.296 e. The Hall–Kier alpha value is -4.40. The fourth-order valence-electron chi connectivity index (χ4n) is 3.66. The molecule has 5 aromatic rings. The molecule has 0 fully saturated rings. The molecule has 0 unspecified atom stereocenters. The first kappa shape index (κ1) is 20.5. The van der Waals surface area contributed by atoms with Crippen LogP contribution in [0.1, 0.15) is 27.6 Å². The Bertz CT molecular complexity index is 1460.